The summed E-state index contributed by atoms with van der Waals surface area (Å²) >= 11 is 0. The lowest BCUT2D eigenvalue weighted by molar-refractivity contribution is -0.120. The number of rotatable bonds is 6. The summed E-state index contributed by atoms with van der Waals surface area (Å²) in [6.45, 7) is 1.15. The van der Waals surface area contributed by atoms with Gasteiger partial charge in [0, 0.05) is 25.7 Å². The summed E-state index contributed by atoms with van der Waals surface area (Å²) in [4.78, 5) is 29.6. The Hall–Kier alpha value is -3.42. The lowest BCUT2D eigenvalue weighted by Crippen LogP contribution is -2.54. The minimum atomic E-state index is -0.219. The molecule has 0 spiro atoms. The number of anilines is 2. The molecule has 2 aromatic rings. The number of methoxy groups -OCH3 is 3. The summed E-state index contributed by atoms with van der Waals surface area (Å²) in [7, 11) is 6.44. The Morgan fingerprint density at radius 2 is 1.75 bits per heavy atom. The molecule has 0 saturated carbocycles. The molecule has 2 aliphatic rings. The minimum absolute atomic E-state index is 0.0900. The Morgan fingerprint density at radius 1 is 1.03 bits per heavy atom. The average Bonchev–Trinajstić information content (AvgIpc) is 2.84. The molecule has 0 unspecified atom stereocenters. The van der Waals surface area contributed by atoms with Gasteiger partial charge in [0.2, 0.25) is 11.7 Å². The summed E-state index contributed by atoms with van der Waals surface area (Å²) in [5.41, 5.74) is 3.10. The molecule has 2 heterocycles. The maximum atomic E-state index is 12.9. The van der Waals surface area contributed by atoms with Gasteiger partial charge in [0.25, 0.3) is 5.91 Å². The van der Waals surface area contributed by atoms with Crippen LogP contribution in [-0.2, 0) is 11.3 Å². The van der Waals surface area contributed by atoms with Gasteiger partial charge in [0.1, 0.15) is 6.04 Å². The average molecular weight is 440 g/mol. The highest BCUT2D eigenvalue weighted by molar-refractivity contribution is 6.07. The third-order valence-corrected chi connectivity index (χ3v) is 6.20. The fourth-order valence-electron chi connectivity index (χ4n) is 4.52. The first-order valence-corrected chi connectivity index (χ1v) is 10.7. The second-order valence-corrected chi connectivity index (χ2v) is 8.02. The number of carbonyl (C=O) groups excluding carboxylic acids is 2. The third kappa shape index (κ3) is 3.81. The third-order valence-electron chi connectivity index (χ3n) is 6.20. The van der Waals surface area contributed by atoms with E-state index in [1.807, 2.05) is 12.1 Å². The standard InChI is InChI=1S/C24H29N3O5/c1-26-19-13-16(8-9-17(19)27-10-6-5-7-18(27)24(26)29)23(28)25-14-15-11-20(30-2)22(32-4)21(12-15)31-3/h8-9,11-13,18H,5-7,10,14H2,1-4H3,(H,25,28)/t18-/m1/s1. The van der Waals surface area contributed by atoms with E-state index >= 15 is 0 Å². The molecule has 1 atom stereocenters. The predicted molar refractivity (Wildman–Crippen MR) is 122 cm³/mol. The number of nitrogens with zero attached hydrogens (tertiary/aromatic N) is 2. The van der Waals surface area contributed by atoms with Gasteiger partial charge in [-0.1, -0.05) is 0 Å². The molecule has 2 aromatic carbocycles. The van der Waals surface area contributed by atoms with E-state index in [2.05, 4.69) is 10.2 Å². The van der Waals surface area contributed by atoms with Gasteiger partial charge in [-0.2, -0.15) is 0 Å². The number of benzene rings is 2. The zero-order valence-electron chi connectivity index (χ0n) is 18.9. The van der Waals surface area contributed by atoms with Crippen molar-refractivity contribution < 1.29 is 23.8 Å². The van der Waals surface area contributed by atoms with E-state index in [0.717, 1.165) is 42.7 Å². The van der Waals surface area contributed by atoms with Gasteiger partial charge < -0.3 is 29.3 Å². The summed E-state index contributed by atoms with van der Waals surface area (Å²) in [6, 6.07) is 9.07. The molecule has 1 fully saturated rings. The second kappa shape index (κ2) is 8.98. The Bertz CT molecular complexity index is 1010. The Labute approximate surface area is 188 Å². The van der Waals surface area contributed by atoms with E-state index in [9.17, 15) is 9.59 Å². The van der Waals surface area contributed by atoms with Crippen molar-refractivity contribution in [2.75, 3.05) is 44.7 Å². The first kappa shape index (κ1) is 21.8. The molecular formula is C24H29N3O5. The number of ether oxygens (including phenoxy) is 3. The van der Waals surface area contributed by atoms with Crippen molar-refractivity contribution in [2.45, 2.75) is 31.8 Å². The van der Waals surface area contributed by atoms with Crippen LogP contribution in [0.15, 0.2) is 30.3 Å². The summed E-state index contributed by atoms with van der Waals surface area (Å²) in [5, 5.41) is 2.94. The minimum Gasteiger partial charge on any atom is -0.493 e. The SMILES string of the molecule is COc1cc(CNC(=O)c2ccc3c(c2)N(C)C(=O)[C@H]2CCCCN32)cc(OC)c1OC. The molecule has 0 bridgehead atoms. The molecule has 32 heavy (non-hydrogen) atoms. The molecule has 8 heteroatoms. The van der Waals surface area contributed by atoms with E-state index in [1.165, 1.54) is 0 Å². The van der Waals surface area contributed by atoms with Gasteiger partial charge in [-0.05, 0) is 55.2 Å². The molecule has 0 aromatic heterocycles. The fourth-order valence-corrected chi connectivity index (χ4v) is 4.52. The number of piperidine rings is 1. The van der Waals surface area contributed by atoms with Gasteiger partial charge in [-0.15, -0.1) is 0 Å². The number of hydrogen-bond acceptors (Lipinski definition) is 6. The van der Waals surface area contributed by atoms with Crippen LogP contribution in [0.4, 0.5) is 11.4 Å². The number of hydrogen-bond donors (Lipinski definition) is 1. The first-order valence-electron chi connectivity index (χ1n) is 10.7. The normalized spacial score (nSPS) is 17.4. The predicted octanol–water partition coefficient (Wildman–Crippen LogP) is 2.98. The molecule has 1 saturated heterocycles. The highest BCUT2D eigenvalue weighted by Gasteiger charge is 2.38. The van der Waals surface area contributed by atoms with E-state index in [0.29, 0.717) is 22.8 Å². The van der Waals surface area contributed by atoms with Crippen LogP contribution in [0, 0.1) is 0 Å². The number of likely N-dealkylation sites (N-methyl/N-ethyl adjacent to an activating group) is 1. The number of amides is 2. The Kier molecular flexibility index (Phi) is 6.12. The Morgan fingerprint density at radius 3 is 2.41 bits per heavy atom. The molecule has 170 valence electrons. The molecule has 8 nitrogen and oxygen atoms in total. The first-order chi connectivity index (χ1) is 15.5. The summed E-state index contributed by atoms with van der Waals surface area (Å²) < 4.78 is 16.1. The van der Waals surface area contributed by atoms with E-state index in [-0.39, 0.29) is 24.4 Å². The number of nitrogens with one attached hydrogen (secondary N) is 1. The van der Waals surface area contributed by atoms with Crippen LogP contribution in [-0.4, -0.2) is 52.8 Å². The van der Waals surface area contributed by atoms with Crippen molar-refractivity contribution in [1.82, 2.24) is 5.32 Å². The van der Waals surface area contributed by atoms with Gasteiger partial charge in [-0.3, -0.25) is 9.59 Å². The Balaban J connectivity index is 1.54. The van der Waals surface area contributed by atoms with Gasteiger partial charge >= 0.3 is 0 Å². The van der Waals surface area contributed by atoms with Crippen LogP contribution in [0.25, 0.3) is 0 Å². The largest absolute Gasteiger partial charge is 0.493 e. The molecule has 4 rings (SSSR count). The second-order valence-electron chi connectivity index (χ2n) is 8.02. The summed E-state index contributed by atoms with van der Waals surface area (Å²) in [5.74, 6) is 1.43. The van der Waals surface area contributed by atoms with Gasteiger partial charge in [-0.25, -0.2) is 0 Å². The lowest BCUT2D eigenvalue weighted by atomic mass is 9.96. The van der Waals surface area contributed by atoms with Crippen molar-refractivity contribution in [1.29, 1.82) is 0 Å². The van der Waals surface area contributed by atoms with Crippen LogP contribution in [0.5, 0.6) is 17.2 Å². The van der Waals surface area contributed by atoms with Crippen molar-refractivity contribution in [2.24, 2.45) is 0 Å². The van der Waals surface area contributed by atoms with Gasteiger partial charge in [0.05, 0.1) is 32.7 Å². The highest BCUT2D eigenvalue weighted by Crippen LogP contribution is 2.40. The zero-order chi connectivity index (χ0) is 22.8. The van der Waals surface area contributed by atoms with Crippen LogP contribution < -0.4 is 29.3 Å². The van der Waals surface area contributed by atoms with Crippen LogP contribution >= 0.6 is 0 Å². The molecule has 2 amide bonds. The van der Waals surface area contributed by atoms with Crippen molar-refractivity contribution in [3.8, 4) is 17.2 Å². The van der Waals surface area contributed by atoms with Crippen molar-refractivity contribution >= 4 is 23.2 Å². The van der Waals surface area contributed by atoms with E-state index < -0.39 is 0 Å². The van der Waals surface area contributed by atoms with Crippen LogP contribution in [0.2, 0.25) is 0 Å². The van der Waals surface area contributed by atoms with Crippen molar-refractivity contribution in [3.05, 3.63) is 41.5 Å². The smallest absolute Gasteiger partial charge is 0.251 e. The highest BCUT2D eigenvalue weighted by atomic mass is 16.5. The van der Waals surface area contributed by atoms with Gasteiger partial charge in [0.15, 0.2) is 11.5 Å². The molecule has 0 radical (unpaired) electrons. The number of fused-ring (bicyclic) bond motifs is 3. The summed E-state index contributed by atoms with van der Waals surface area (Å²) in [6.07, 6.45) is 3.01. The van der Waals surface area contributed by atoms with E-state index in [1.54, 1.807) is 51.5 Å². The number of carbonyl (C=O) groups is 2. The molecule has 1 N–H and O–H groups in total. The topological polar surface area (TPSA) is 80.3 Å². The quantitative estimate of drug-likeness (QED) is 0.746. The molecule has 2 aliphatic heterocycles. The van der Waals surface area contributed by atoms with E-state index in [4.69, 9.17) is 14.2 Å². The zero-order valence-corrected chi connectivity index (χ0v) is 18.9. The van der Waals surface area contributed by atoms with Crippen LogP contribution in [0.3, 0.4) is 0 Å². The monoisotopic (exact) mass is 439 g/mol. The molecule has 0 aliphatic carbocycles. The lowest BCUT2D eigenvalue weighted by Gasteiger charge is -2.44. The maximum absolute atomic E-state index is 12.9. The molecular weight excluding hydrogens is 410 g/mol. The van der Waals surface area contributed by atoms with Crippen molar-refractivity contribution in [3.63, 3.8) is 0 Å². The van der Waals surface area contributed by atoms with Crippen LogP contribution in [0.1, 0.15) is 35.2 Å². The maximum Gasteiger partial charge on any atom is 0.251 e. The fraction of sp³-hybridized carbons (Fsp3) is 0.417.